The Hall–Kier alpha value is -2.34. The Bertz CT molecular complexity index is 686. The summed E-state index contributed by atoms with van der Waals surface area (Å²) in [7, 11) is 3.89. The number of hydrogen-bond donors (Lipinski definition) is 3. The Morgan fingerprint density at radius 3 is 2.05 bits per heavy atom. The zero-order valence-corrected chi connectivity index (χ0v) is 12.8. The monoisotopic (exact) mass is 303 g/mol. The van der Waals surface area contributed by atoms with Gasteiger partial charge in [-0.05, 0) is 38.2 Å². The molecule has 0 unspecified atom stereocenters. The molecule has 0 fully saturated rings. The van der Waals surface area contributed by atoms with Gasteiger partial charge in [-0.15, -0.1) is 0 Å². The van der Waals surface area contributed by atoms with E-state index >= 15 is 0 Å². The molecule has 0 aliphatic carbocycles. The molecular formula is C16H21N3O3. The lowest BCUT2D eigenvalue weighted by atomic mass is 10.1. The van der Waals surface area contributed by atoms with Gasteiger partial charge in [0.25, 0.3) is 10.9 Å². The van der Waals surface area contributed by atoms with Crippen molar-refractivity contribution in [3.63, 3.8) is 0 Å². The normalized spacial score (nSPS) is 11.0. The number of nitrogens with one attached hydrogen (secondary N) is 2. The molecule has 0 aromatic heterocycles. The van der Waals surface area contributed by atoms with Gasteiger partial charge in [-0.1, -0.05) is 12.1 Å². The minimum absolute atomic E-state index is 0.228. The second-order valence-corrected chi connectivity index (χ2v) is 5.48. The summed E-state index contributed by atoms with van der Waals surface area (Å²) in [5.74, 6) is 0.228. The minimum Gasteiger partial charge on any atom is -0.508 e. The molecule has 2 aromatic rings. The van der Waals surface area contributed by atoms with Crippen LogP contribution in [0.1, 0.15) is 5.56 Å². The predicted molar refractivity (Wildman–Crippen MR) is 88.7 cm³/mol. The minimum atomic E-state index is -0.460. The largest absolute Gasteiger partial charge is 0.508 e. The summed E-state index contributed by atoms with van der Waals surface area (Å²) in [6.07, 6.45) is 0.705. The molecule has 0 amide bonds. The fourth-order valence-corrected chi connectivity index (χ4v) is 2.13. The third-order valence-electron chi connectivity index (χ3n) is 3.42. The average molecular weight is 303 g/mol. The number of phenolic OH excluding ortho intramolecular Hbond substituents is 1. The Morgan fingerprint density at radius 1 is 0.955 bits per heavy atom. The highest BCUT2D eigenvalue weighted by molar-refractivity contribution is 5.73. The summed E-state index contributed by atoms with van der Waals surface area (Å²) in [6, 6.07) is 6.91. The van der Waals surface area contributed by atoms with Gasteiger partial charge in [0, 0.05) is 19.6 Å². The van der Waals surface area contributed by atoms with Gasteiger partial charge in [0.05, 0.1) is 0 Å². The number of nitrogens with zero attached hydrogens (tertiary/aromatic N) is 1. The number of aromatic hydroxyl groups is 1. The van der Waals surface area contributed by atoms with Crippen LogP contribution in [0.2, 0.25) is 0 Å². The third-order valence-corrected chi connectivity index (χ3v) is 3.42. The summed E-state index contributed by atoms with van der Waals surface area (Å²) < 4.78 is 0. The van der Waals surface area contributed by atoms with Crippen molar-refractivity contribution in [3.05, 3.63) is 50.3 Å². The fraction of sp³-hybridized carbons (Fsp3) is 0.375. The van der Waals surface area contributed by atoms with Crippen LogP contribution < -0.4 is 21.5 Å². The highest BCUT2D eigenvalue weighted by Crippen LogP contribution is 2.15. The van der Waals surface area contributed by atoms with Crippen LogP contribution in [0.4, 0.5) is 11.4 Å². The van der Waals surface area contributed by atoms with Crippen molar-refractivity contribution in [1.29, 1.82) is 0 Å². The molecule has 0 radical (unpaired) electrons. The van der Waals surface area contributed by atoms with Crippen molar-refractivity contribution in [2.24, 2.45) is 0 Å². The van der Waals surface area contributed by atoms with Gasteiger partial charge < -0.3 is 20.6 Å². The van der Waals surface area contributed by atoms with E-state index in [9.17, 15) is 14.7 Å². The molecule has 0 saturated heterocycles. The van der Waals surface area contributed by atoms with Crippen molar-refractivity contribution >= 4 is 11.4 Å². The van der Waals surface area contributed by atoms with E-state index in [1.54, 1.807) is 12.1 Å². The second kappa shape index (κ2) is 7.09. The Labute approximate surface area is 129 Å². The van der Waals surface area contributed by atoms with E-state index in [4.69, 9.17) is 0 Å². The second-order valence-electron chi connectivity index (χ2n) is 5.48. The molecule has 0 saturated carbocycles. The van der Waals surface area contributed by atoms with Crippen molar-refractivity contribution in [1.82, 2.24) is 4.90 Å². The van der Waals surface area contributed by atoms with E-state index in [1.807, 2.05) is 31.1 Å². The lowest BCUT2D eigenvalue weighted by molar-refractivity contribution is 0.425. The van der Waals surface area contributed by atoms with Gasteiger partial charge in [-0.25, -0.2) is 0 Å². The van der Waals surface area contributed by atoms with Crippen molar-refractivity contribution in [3.8, 4) is 5.75 Å². The number of phenols is 1. The van der Waals surface area contributed by atoms with Crippen molar-refractivity contribution in [2.45, 2.75) is 6.42 Å². The van der Waals surface area contributed by atoms with Gasteiger partial charge in [0.15, 0.2) is 0 Å². The number of benzene rings is 1. The topological polar surface area (TPSA) is 81.7 Å². The van der Waals surface area contributed by atoms with Crippen molar-refractivity contribution < 1.29 is 5.11 Å². The van der Waals surface area contributed by atoms with E-state index in [0.717, 1.165) is 12.1 Å². The Balaban J connectivity index is 1.87. The lowest BCUT2D eigenvalue weighted by Gasteiger charge is -2.16. The number of hydrogen-bond acceptors (Lipinski definition) is 6. The first kappa shape index (κ1) is 16.0. The first-order valence-electron chi connectivity index (χ1n) is 7.22. The highest BCUT2D eigenvalue weighted by Gasteiger charge is 2.19. The summed E-state index contributed by atoms with van der Waals surface area (Å²) >= 11 is 0. The maximum absolute atomic E-state index is 11.6. The highest BCUT2D eigenvalue weighted by atomic mass is 16.3. The molecule has 0 bridgehead atoms. The smallest absolute Gasteiger partial charge is 0.253 e. The Morgan fingerprint density at radius 2 is 1.50 bits per heavy atom. The van der Waals surface area contributed by atoms with Crippen LogP contribution in [0.3, 0.4) is 0 Å². The van der Waals surface area contributed by atoms with Crippen LogP contribution in [0.5, 0.6) is 5.75 Å². The van der Waals surface area contributed by atoms with E-state index in [2.05, 4.69) is 10.6 Å². The molecule has 2 rings (SSSR count). The maximum atomic E-state index is 11.6. The van der Waals surface area contributed by atoms with Gasteiger partial charge in [-0.3, -0.25) is 9.59 Å². The molecule has 118 valence electrons. The van der Waals surface area contributed by atoms with Crippen molar-refractivity contribution in [2.75, 3.05) is 44.4 Å². The average Bonchev–Trinajstić information content (AvgIpc) is 2.50. The quantitative estimate of drug-likeness (QED) is 0.620. The summed E-state index contributed by atoms with van der Waals surface area (Å²) in [5.41, 5.74) is 0.898. The first-order chi connectivity index (χ1) is 10.5. The molecule has 0 atom stereocenters. The molecule has 6 heteroatoms. The number of rotatable bonds is 8. The molecule has 22 heavy (non-hydrogen) atoms. The van der Waals surface area contributed by atoms with Gasteiger partial charge in [-0.2, -0.15) is 0 Å². The molecule has 6 nitrogen and oxygen atoms in total. The summed E-state index contributed by atoms with van der Waals surface area (Å²) in [4.78, 5) is 25.2. The van der Waals surface area contributed by atoms with Gasteiger partial charge >= 0.3 is 0 Å². The first-order valence-corrected chi connectivity index (χ1v) is 7.22. The molecule has 0 aliphatic rings. The number of anilines is 2. The van der Waals surface area contributed by atoms with E-state index in [0.29, 0.717) is 30.9 Å². The molecule has 2 aromatic carbocycles. The Kier molecular flexibility index (Phi) is 5.16. The van der Waals surface area contributed by atoms with E-state index < -0.39 is 10.9 Å². The molecule has 3 N–H and O–H groups in total. The predicted octanol–water partition coefficient (Wildman–Crippen LogP) is 0.616. The zero-order chi connectivity index (χ0) is 16.1. The maximum Gasteiger partial charge on any atom is 0.253 e. The van der Waals surface area contributed by atoms with E-state index in [1.165, 1.54) is 0 Å². The lowest BCUT2D eigenvalue weighted by Crippen LogP contribution is -2.38. The summed E-state index contributed by atoms with van der Waals surface area (Å²) in [5, 5.41) is 15.3. The van der Waals surface area contributed by atoms with Crippen LogP contribution in [0.15, 0.2) is 33.9 Å². The molecular weight excluding hydrogens is 282 g/mol. The summed E-state index contributed by atoms with van der Waals surface area (Å²) in [6.45, 7) is 1.95. The van der Waals surface area contributed by atoms with Crippen LogP contribution >= 0.6 is 0 Å². The van der Waals surface area contributed by atoms with Gasteiger partial charge in [0.1, 0.15) is 17.1 Å². The zero-order valence-electron chi connectivity index (χ0n) is 12.8. The van der Waals surface area contributed by atoms with Crippen LogP contribution in [0, 0.1) is 0 Å². The molecule has 0 heterocycles. The third kappa shape index (κ3) is 3.85. The van der Waals surface area contributed by atoms with Crippen LogP contribution in [-0.2, 0) is 6.42 Å². The number of likely N-dealkylation sites (N-methyl/N-ethyl adjacent to an activating group) is 1. The SMILES string of the molecule is CN(C)CCNc1c(NCCc2ccc(O)cc2)c(=O)c1=O. The fourth-order valence-electron chi connectivity index (χ4n) is 2.13. The van der Waals surface area contributed by atoms with Crippen LogP contribution in [0.25, 0.3) is 0 Å². The van der Waals surface area contributed by atoms with E-state index in [-0.39, 0.29) is 5.75 Å². The van der Waals surface area contributed by atoms with Gasteiger partial charge in [0.2, 0.25) is 0 Å². The molecule has 0 spiro atoms. The van der Waals surface area contributed by atoms with Crippen LogP contribution in [-0.4, -0.2) is 43.7 Å². The molecule has 0 aliphatic heterocycles. The standard InChI is InChI=1S/C16H21N3O3/c1-19(2)10-9-18-14-13(15(21)16(14)22)17-8-7-11-3-5-12(20)6-4-11/h3-6,17-18,20H,7-10H2,1-2H3.